The summed E-state index contributed by atoms with van der Waals surface area (Å²) in [7, 11) is 0. The Morgan fingerprint density at radius 2 is 0.336 bits per heavy atom. The average Bonchev–Trinajstić information content (AvgIpc) is 0.887. The number of allylic oxidation sites excluding steroid dienone is 10. The Bertz CT molecular complexity index is 2670. The lowest BCUT2D eigenvalue weighted by Crippen LogP contribution is -2.05. The number of hydrogen-bond acceptors (Lipinski definition) is 5. The second-order valence-corrected chi connectivity index (χ2v) is 34.9. The van der Waals surface area contributed by atoms with Gasteiger partial charge in [0.25, 0.3) is 0 Å². The zero-order valence-corrected chi connectivity index (χ0v) is 73.9. The summed E-state index contributed by atoms with van der Waals surface area (Å²) in [4.78, 5) is 5.26. The van der Waals surface area contributed by atoms with E-state index in [1.165, 1.54) is 349 Å². The highest BCUT2D eigenvalue weighted by Crippen LogP contribution is 2.39. The Kier molecular flexibility index (Phi) is 62.9. The first-order valence-electron chi connectivity index (χ1n) is 43.9. The van der Waals surface area contributed by atoms with E-state index in [0.29, 0.717) is 0 Å². The quantitative estimate of drug-likeness (QED) is 0.0144. The molecule has 10 heteroatoms. The smallest absolute Gasteiger partial charge is 0.00403 e. The molecule has 5 aliphatic rings. The van der Waals surface area contributed by atoms with Crippen LogP contribution in [0.5, 0.6) is 0 Å². The van der Waals surface area contributed by atoms with E-state index in [-0.39, 0.29) is 23.5 Å². The third-order valence-corrected chi connectivity index (χ3v) is 25.1. The van der Waals surface area contributed by atoms with Crippen molar-refractivity contribution in [2.24, 2.45) is 29.6 Å². The predicted molar refractivity (Wildman–Crippen MR) is 498 cm³/mol. The summed E-state index contributed by atoms with van der Waals surface area (Å²) >= 11 is 21.8. The molecule has 0 radical (unpaired) electrons. The molecule has 110 heavy (non-hydrogen) atoms. The van der Waals surface area contributed by atoms with Gasteiger partial charge in [-0.2, -0.15) is 0 Å². The molecule has 0 bridgehead atoms. The number of halogens is 5. The molecular formula is C100H155F5S5. The molecule has 5 atom stereocenters. The summed E-state index contributed by atoms with van der Waals surface area (Å²) in [5.41, 5.74) is 14.7. The van der Waals surface area contributed by atoms with Crippen molar-refractivity contribution in [1.29, 1.82) is 0 Å². The maximum absolute atomic E-state index is 4.36. The second kappa shape index (κ2) is 66.4. The zero-order valence-electron chi connectivity index (χ0n) is 69.5. The second-order valence-electron chi connectivity index (χ2n) is 32.4. The number of rotatable bonds is 40. The van der Waals surface area contributed by atoms with Crippen LogP contribution in [-0.4, -0.2) is 0 Å². The molecule has 0 spiro atoms. The largest absolute Gasteiger partial charge is 0.269 e. The lowest BCUT2D eigenvalue weighted by Gasteiger charge is -2.22. The van der Waals surface area contributed by atoms with Crippen LogP contribution in [0.1, 0.15) is 383 Å². The Morgan fingerprint density at radius 1 is 0.200 bits per heavy atom. The number of benzene rings is 5. The number of thiol groups is 5. The van der Waals surface area contributed by atoms with Gasteiger partial charge in [-0.1, -0.05) is 350 Å². The Labute approximate surface area is 698 Å². The molecule has 5 aromatic rings. The third kappa shape index (κ3) is 45.5. The summed E-state index contributed by atoms with van der Waals surface area (Å²) in [6.45, 7) is 11.4. The SMILES string of the molecule is CCCCCCCCC1CC=C(c2ccc(S)cc2)CC1.CCCCCCCCC1CC=C(c2ccc(S)cc2)CC1.CCCCCCCCC1CC=C(c2ccc(S)cc2)CC1.CCCCCCCCC1CC=C(c2ccc(S)cc2)CC1.CCCCCCCCC1CC=C(c2ccc(S)cc2)CC1.F.F.F.F.F. The summed E-state index contributed by atoms with van der Waals surface area (Å²) in [6.07, 6.45) is 81.8. The topological polar surface area (TPSA) is 0 Å². The molecule has 5 unspecified atom stereocenters. The summed E-state index contributed by atoms with van der Waals surface area (Å²) in [6, 6.07) is 43.1. The van der Waals surface area contributed by atoms with E-state index in [2.05, 4.69) is 249 Å². The molecular weight excluding hydrogens is 1460 g/mol. The molecule has 0 amide bonds. The van der Waals surface area contributed by atoms with Gasteiger partial charge >= 0.3 is 0 Å². The van der Waals surface area contributed by atoms with Crippen molar-refractivity contribution < 1.29 is 23.5 Å². The van der Waals surface area contributed by atoms with Gasteiger partial charge in [-0.15, -0.1) is 63.1 Å². The van der Waals surface area contributed by atoms with Gasteiger partial charge in [-0.25, -0.2) is 0 Å². The maximum Gasteiger partial charge on any atom is 0.00403 e. The first-order chi connectivity index (χ1) is 51.5. The molecule has 0 heterocycles. The molecule has 5 aliphatic carbocycles. The van der Waals surface area contributed by atoms with Crippen LogP contribution < -0.4 is 0 Å². The Morgan fingerprint density at radius 3 is 0.464 bits per heavy atom. The van der Waals surface area contributed by atoms with E-state index < -0.39 is 0 Å². The first kappa shape index (κ1) is 104. The molecule has 0 saturated carbocycles. The molecule has 0 nitrogen and oxygen atoms in total. The minimum Gasteiger partial charge on any atom is -0.269 e. The molecule has 10 rings (SSSR count). The minimum atomic E-state index is 0. The first-order valence-corrected chi connectivity index (χ1v) is 46.1. The van der Waals surface area contributed by atoms with Crippen LogP contribution in [0, 0.1) is 29.6 Å². The van der Waals surface area contributed by atoms with Crippen LogP contribution in [0.2, 0.25) is 0 Å². The fourth-order valence-corrected chi connectivity index (χ4v) is 17.3. The van der Waals surface area contributed by atoms with Crippen molar-refractivity contribution in [2.75, 3.05) is 0 Å². The molecule has 0 aliphatic heterocycles. The van der Waals surface area contributed by atoms with Crippen molar-refractivity contribution >= 4 is 91.0 Å². The number of unbranched alkanes of at least 4 members (excludes halogenated alkanes) is 25. The van der Waals surface area contributed by atoms with Crippen LogP contribution >= 0.6 is 63.1 Å². The molecule has 0 aromatic heterocycles. The van der Waals surface area contributed by atoms with Crippen LogP contribution in [0.15, 0.2) is 176 Å². The Balaban J connectivity index is 0.000000680. The minimum absolute atomic E-state index is 0. The van der Waals surface area contributed by atoms with Crippen molar-refractivity contribution in [1.82, 2.24) is 0 Å². The molecule has 620 valence electrons. The van der Waals surface area contributed by atoms with Crippen molar-refractivity contribution in [3.8, 4) is 0 Å². The van der Waals surface area contributed by atoms with E-state index in [0.717, 1.165) is 54.1 Å². The fourth-order valence-electron chi connectivity index (χ4n) is 16.5. The fraction of sp³-hybridized carbons (Fsp3) is 0.600. The predicted octanol–water partition coefficient (Wildman–Crippen LogP) is 35.3. The van der Waals surface area contributed by atoms with Gasteiger partial charge < -0.3 is 0 Å². The van der Waals surface area contributed by atoms with E-state index in [1.54, 1.807) is 27.9 Å². The van der Waals surface area contributed by atoms with Crippen molar-refractivity contribution in [3.63, 3.8) is 0 Å². The third-order valence-electron chi connectivity index (χ3n) is 23.6. The van der Waals surface area contributed by atoms with Crippen LogP contribution in [0.3, 0.4) is 0 Å². The molecule has 0 N–H and O–H groups in total. The summed E-state index contributed by atoms with van der Waals surface area (Å²) < 4.78 is 0. The highest BCUT2D eigenvalue weighted by molar-refractivity contribution is 7.81. The van der Waals surface area contributed by atoms with Gasteiger partial charge in [0, 0.05) is 24.5 Å². The van der Waals surface area contributed by atoms with Crippen molar-refractivity contribution in [3.05, 3.63) is 180 Å². The number of hydrogen-bond donors (Lipinski definition) is 5. The maximum atomic E-state index is 4.36. The normalized spacial score (nSPS) is 17.7. The van der Waals surface area contributed by atoms with Gasteiger partial charge in [0.1, 0.15) is 0 Å². The van der Waals surface area contributed by atoms with Crippen LogP contribution in [0.25, 0.3) is 27.9 Å². The monoisotopic (exact) mass is 1610 g/mol. The van der Waals surface area contributed by atoms with Gasteiger partial charge in [0.2, 0.25) is 0 Å². The molecule has 5 aromatic carbocycles. The van der Waals surface area contributed by atoms with Gasteiger partial charge in [-0.05, 0) is 242 Å². The van der Waals surface area contributed by atoms with Crippen molar-refractivity contribution in [2.45, 2.75) is 380 Å². The van der Waals surface area contributed by atoms with Gasteiger partial charge in [-0.3, -0.25) is 23.5 Å². The standard InChI is InChI=1S/5C20H30S.5FH/c5*1-2-3-4-5-6-7-8-17-9-11-18(12-10-17)19-13-15-20(21)16-14-19;;;;;/h5*11,13-17,21H,2-10,12H2,1H3;5*1H. The van der Waals surface area contributed by atoms with Gasteiger partial charge in [0.05, 0.1) is 0 Å². The van der Waals surface area contributed by atoms with E-state index in [4.69, 9.17) is 0 Å². The Hall–Kier alpha value is -3.80. The highest BCUT2D eigenvalue weighted by atomic mass is 32.1. The zero-order chi connectivity index (χ0) is 74.6. The molecule has 0 saturated heterocycles. The van der Waals surface area contributed by atoms with E-state index >= 15 is 0 Å². The van der Waals surface area contributed by atoms with Crippen LogP contribution in [-0.2, 0) is 0 Å². The lowest BCUT2D eigenvalue weighted by atomic mass is 9.84. The van der Waals surface area contributed by atoms with E-state index in [9.17, 15) is 0 Å². The molecule has 0 fully saturated rings. The van der Waals surface area contributed by atoms with Crippen LogP contribution in [0.4, 0.5) is 23.5 Å². The van der Waals surface area contributed by atoms with E-state index in [1.807, 2.05) is 0 Å². The van der Waals surface area contributed by atoms with Gasteiger partial charge in [0.15, 0.2) is 0 Å². The summed E-state index contributed by atoms with van der Waals surface area (Å²) in [5, 5.41) is 0. The summed E-state index contributed by atoms with van der Waals surface area (Å²) in [5.74, 6) is 4.67. The highest BCUT2D eigenvalue weighted by Gasteiger charge is 2.20. The lowest BCUT2D eigenvalue weighted by molar-refractivity contribution is 0.423. The average molecular weight is 1610 g/mol.